The van der Waals surface area contributed by atoms with Gasteiger partial charge in [0, 0.05) is 24.2 Å². The van der Waals surface area contributed by atoms with Gasteiger partial charge >= 0.3 is 0 Å². The van der Waals surface area contributed by atoms with Crippen LogP contribution in [-0.2, 0) is 4.79 Å². The summed E-state index contributed by atoms with van der Waals surface area (Å²) >= 11 is 1.41. The van der Waals surface area contributed by atoms with E-state index in [4.69, 9.17) is 0 Å². The zero-order valence-electron chi connectivity index (χ0n) is 14.3. The standard InChI is InChI=1S/C21H20N2O2S/c24-20(13-6-14-22-21(25)19-12-7-15-26-19)23-18-11-5-4-10-17(18)16-8-2-1-3-9-16/h1-5,7-12,15H,6,13-14H2,(H,22,25)(H,23,24). The lowest BCUT2D eigenvalue weighted by Gasteiger charge is -2.11. The third-order valence-corrected chi connectivity index (χ3v) is 4.77. The van der Waals surface area contributed by atoms with Gasteiger partial charge in [0.25, 0.3) is 5.91 Å². The first kappa shape index (κ1) is 17.9. The zero-order valence-corrected chi connectivity index (χ0v) is 15.1. The predicted octanol–water partition coefficient (Wildman–Crippen LogP) is 4.56. The molecule has 1 aromatic heterocycles. The van der Waals surface area contributed by atoms with Crippen molar-refractivity contribution in [2.45, 2.75) is 12.8 Å². The highest BCUT2D eigenvalue weighted by atomic mass is 32.1. The molecular formula is C21H20N2O2S. The van der Waals surface area contributed by atoms with Crippen molar-refractivity contribution < 1.29 is 9.59 Å². The molecule has 2 amide bonds. The first-order valence-electron chi connectivity index (χ1n) is 8.50. The van der Waals surface area contributed by atoms with Gasteiger partial charge in [-0.05, 0) is 29.5 Å². The van der Waals surface area contributed by atoms with E-state index in [1.807, 2.05) is 66.0 Å². The molecule has 1 heterocycles. The van der Waals surface area contributed by atoms with E-state index in [0.29, 0.717) is 24.3 Å². The van der Waals surface area contributed by atoms with Crippen LogP contribution in [0, 0.1) is 0 Å². The third-order valence-electron chi connectivity index (χ3n) is 3.90. The Labute approximate surface area is 156 Å². The van der Waals surface area contributed by atoms with Gasteiger partial charge in [-0.15, -0.1) is 11.3 Å². The van der Waals surface area contributed by atoms with Crippen LogP contribution < -0.4 is 10.6 Å². The molecule has 4 nitrogen and oxygen atoms in total. The Bertz CT molecular complexity index is 861. The molecule has 0 saturated carbocycles. The number of anilines is 1. The van der Waals surface area contributed by atoms with Crippen molar-refractivity contribution in [3.05, 3.63) is 77.0 Å². The summed E-state index contributed by atoms with van der Waals surface area (Å²) in [6, 6.07) is 21.3. The normalized spacial score (nSPS) is 10.3. The van der Waals surface area contributed by atoms with Crippen LogP contribution >= 0.6 is 11.3 Å². The molecule has 26 heavy (non-hydrogen) atoms. The number of hydrogen-bond acceptors (Lipinski definition) is 3. The maximum Gasteiger partial charge on any atom is 0.261 e. The minimum atomic E-state index is -0.0881. The molecule has 0 aliphatic carbocycles. The van der Waals surface area contributed by atoms with Gasteiger partial charge in [-0.3, -0.25) is 9.59 Å². The number of thiophene rings is 1. The maximum atomic E-state index is 12.2. The predicted molar refractivity (Wildman–Crippen MR) is 106 cm³/mol. The van der Waals surface area contributed by atoms with Crippen molar-refractivity contribution in [3.8, 4) is 11.1 Å². The van der Waals surface area contributed by atoms with Crippen LogP contribution in [0.4, 0.5) is 5.69 Å². The highest BCUT2D eigenvalue weighted by Gasteiger charge is 2.09. The zero-order chi connectivity index (χ0) is 18.2. The van der Waals surface area contributed by atoms with Gasteiger partial charge < -0.3 is 10.6 Å². The quantitative estimate of drug-likeness (QED) is 0.604. The number of carbonyl (C=O) groups excluding carboxylic acids is 2. The summed E-state index contributed by atoms with van der Waals surface area (Å²) in [7, 11) is 0. The first-order chi connectivity index (χ1) is 12.7. The molecule has 0 bridgehead atoms. The summed E-state index contributed by atoms with van der Waals surface area (Å²) < 4.78 is 0. The molecular weight excluding hydrogens is 344 g/mol. The van der Waals surface area contributed by atoms with Crippen molar-refractivity contribution in [1.82, 2.24) is 5.32 Å². The van der Waals surface area contributed by atoms with E-state index >= 15 is 0 Å². The van der Waals surface area contributed by atoms with Crippen LogP contribution in [-0.4, -0.2) is 18.4 Å². The Morgan fingerprint density at radius 3 is 2.42 bits per heavy atom. The molecule has 2 N–H and O–H groups in total. The fourth-order valence-corrected chi connectivity index (χ4v) is 3.26. The van der Waals surface area contributed by atoms with Gasteiger partial charge in [-0.25, -0.2) is 0 Å². The molecule has 0 fully saturated rings. The van der Waals surface area contributed by atoms with Crippen LogP contribution in [0.15, 0.2) is 72.1 Å². The fraction of sp³-hybridized carbons (Fsp3) is 0.143. The van der Waals surface area contributed by atoms with Crippen molar-refractivity contribution in [2.24, 2.45) is 0 Å². The van der Waals surface area contributed by atoms with Crippen molar-refractivity contribution in [3.63, 3.8) is 0 Å². The van der Waals surface area contributed by atoms with Gasteiger partial charge in [0.05, 0.1) is 4.88 Å². The molecule has 3 aromatic rings. The van der Waals surface area contributed by atoms with Gasteiger partial charge in [-0.2, -0.15) is 0 Å². The minimum Gasteiger partial charge on any atom is -0.351 e. The molecule has 0 unspecified atom stereocenters. The Morgan fingerprint density at radius 2 is 1.65 bits per heavy atom. The number of para-hydroxylation sites is 1. The molecule has 0 saturated heterocycles. The summed E-state index contributed by atoms with van der Waals surface area (Å²) in [5.41, 5.74) is 2.85. The summed E-state index contributed by atoms with van der Waals surface area (Å²) in [5, 5.41) is 7.68. The molecule has 0 atom stereocenters. The monoisotopic (exact) mass is 364 g/mol. The van der Waals surface area contributed by atoms with Gasteiger partial charge in [0.1, 0.15) is 0 Å². The highest BCUT2D eigenvalue weighted by Crippen LogP contribution is 2.27. The molecule has 2 aromatic carbocycles. The Morgan fingerprint density at radius 1 is 0.885 bits per heavy atom. The molecule has 0 spiro atoms. The van der Waals surface area contributed by atoms with E-state index in [1.165, 1.54) is 11.3 Å². The Balaban J connectivity index is 1.50. The Hall–Kier alpha value is -2.92. The molecule has 0 radical (unpaired) electrons. The lowest BCUT2D eigenvalue weighted by molar-refractivity contribution is -0.116. The molecule has 3 rings (SSSR count). The number of amides is 2. The molecule has 0 aliphatic rings. The minimum absolute atomic E-state index is 0.0567. The maximum absolute atomic E-state index is 12.2. The first-order valence-corrected chi connectivity index (χ1v) is 9.38. The smallest absolute Gasteiger partial charge is 0.261 e. The molecule has 5 heteroatoms. The summed E-state index contributed by atoms with van der Waals surface area (Å²) in [4.78, 5) is 24.8. The Kier molecular flexibility index (Phi) is 6.17. The highest BCUT2D eigenvalue weighted by molar-refractivity contribution is 7.12. The number of rotatable bonds is 7. The van der Waals surface area contributed by atoms with Crippen LogP contribution in [0.2, 0.25) is 0 Å². The molecule has 132 valence electrons. The lowest BCUT2D eigenvalue weighted by Crippen LogP contribution is -2.24. The van der Waals surface area contributed by atoms with Crippen molar-refractivity contribution in [1.29, 1.82) is 0 Å². The third kappa shape index (κ3) is 4.80. The fourth-order valence-electron chi connectivity index (χ4n) is 2.62. The summed E-state index contributed by atoms with van der Waals surface area (Å²) in [5.74, 6) is -0.145. The molecule has 0 aliphatic heterocycles. The van der Waals surface area contributed by atoms with Gasteiger partial charge in [0.15, 0.2) is 0 Å². The largest absolute Gasteiger partial charge is 0.351 e. The van der Waals surface area contributed by atoms with Crippen LogP contribution in [0.1, 0.15) is 22.5 Å². The average Bonchev–Trinajstić information content (AvgIpc) is 3.21. The van der Waals surface area contributed by atoms with E-state index in [2.05, 4.69) is 10.6 Å². The second-order valence-corrected chi connectivity index (χ2v) is 6.74. The van der Waals surface area contributed by atoms with E-state index in [0.717, 1.165) is 16.8 Å². The van der Waals surface area contributed by atoms with E-state index in [9.17, 15) is 9.59 Å². The second-order valence-electron chi connectivity index (χ2n) is 5.80. The number of hydrogen-bond donors (Lipinski definition) is 2. The SMILES string of the molecule is O=C(CCCNC(=O)c1cccs1)Nc1ccccc1-c1ccccc1. The van der Waals surface area contributed by atoms with Crippen molar-refractivity contribution in [2.75, 3.05) is 11.9 Å². The number of nitrogens with one attached hydrogen (secondary N) is 2. The van der Waals surface area contributed by atoms with Gasteiger partial charge in [0.2, 0.25) is 5.91 Å². The van der Waals surface area contributed by atoms with E-state index < -0.39 is 0 Å². The second kappa shape index (κ2) is 8.97. The van der Waals surface area contributed by atoms with Crippen molar-refractivity contribution >= 4 is 28.8 Å². The summed E-state index contributed by atoms with van der Waals surface area (Å²) in [6.07, 6.45) is 0.949. The van der Waals surface area contributed by atoms with Gasteiger partial charge in [-0.1, -0.05) is 54.6 Å². The van der Waals surface area contributed by atoms with Crippen LogP contribution in [0.3, 0.4) is 0 Å². The topological polar surface area (TPSA) is 58.2 Å². The van der Waals surface area contributed by atoms with Crippen LogP contribution in [0.25, 0.3) is 11.1 Å². The number of carbonyl (C=O) groups is 2. The van der Waals surface area contributed by atoms with E-state index in [-0.39, 0.29) is 11.8 Å². The average molecular weight is 364 g/mol. The lowest BCUT2D eigenvalue weighted by atomic mass is 10.0. The number of benzene rings is 2. The summed E-state index contributed by atoms with van der Waals surface area (Å²) in [6.45, 7) is 0.477. The van der Waals surface area contributed by atoms with Crippen LogP contribution in [0.5, 0.6) is 0 Å². The van der Waals surface area contributed by atoms with E-state index in [1.54, 1.807) is 6.07 Å².